The Kier molecular flexibility index (Phi) is 4.76. The molecular formula is C11H17NS. The molecule has 0 aliphatic heterocycles. The number of nitrogens with two attached hydrogens (primary N) is 1. The third kappa shape index (κ3) is 4.23. The van der Waals surface area contributed by atoms with E-state index in [2.05, 4.69) is 13.0 Å². The van der Waals surface area contributed by atoms with Crippen LogP contribution in [0.4, 0.5) is 5.69 Å². The minimum absolute atomic E-state index is 0.862. The van der Waals surface area contributed by atoms with Crippen LogP contribution >= 0.6 is 11.8 Å². The molecule has 1 aromatic carbocycles. The van der Waals surface area contributed by atoms with Crippen molar-refractivity contribution >= 4 is 17.4 Å². The second-order valence-electron chi connectivity index (χ2n) is 3.13. The lowest BCUT2D eigenvalue weighted by Crippen LogP contribution is -1.84. The first kappa shape index (κ1) is 10.5. The summed E-state index contributed by atoms with van der Waals surface area (Å²) in [5, 5.41) is 0. The molecule has 2 heteroatoms. The van der Waals surface area contributed by atoms with Crippen LogP contribution in [0, 0.1) is 0 Å². The van der Waals surface area contributed by atoms with Gasteiger partial charge in [0.25, 0.3) is 0 Å². The van der Waals surface area contributed by atoms with Gasteiger partial charge in [-0.05, 0) is 30.4 Å². The average Bonchev–Trinajstić information content (AvgIpc) is 2.13. The standard InChI is InChI=1S/C11H17NS/c1-2-3-4-8-13-11-7-5-6-10(12)9-11/h5-7,9H,2-4,8,12H2,1H3. The van der Waals surface area contributed by atoms with Gasteiger partial charge in [0.1, 0.15) is 0 Å². The Morgan fingerprint density at radius 3 is 2.85 bits per heavy atom. The predicted molar refractivity (Wildman–Crippen MR) is 61.1 cm³/mol. The van der Waals surface area contributed by atoms with Crippen LogP contribution in [0.25, 0.3) is 0 Å². The lowest BCUT2D eigenvalue weighted by molar-refractivity contribution is 0.778. The molecule has 0 bridgehead atoms. The summed E-state index contributed by atoms with van der Waals surface area (Å²) in [5.74, 6) is 1.21. The number of unbranched alkanes of at least 4 members (excludes halogenated alkanes) is 2. The van der Waals surface area contributed by atoms with Gasteiger partial charge in [0.15, 0.2) is 0 Å². The van der Waals surface area contributed by atoms with Crippen molar-refractivity contribution in [1.82, 2.24) is 0 Å². The number of nitrogen functional groups attached to an aromatic ring is 1. The van der Waals surface area contributed by atoms with E-state index in [1.807, 2.05) is 30.0 Å². The first-order valence-electron chi connectivity index (χ1n) is 4.81. The molecule has 0 amide bonds. The summed E-state index contributed by atoms with van der Waals surface area (Å²) in [7, 11) is 0. The number of thioether (sulfide) groups is 1. The van der Waals surface area contributed by atoms with Gasteiger partial charge in [-0.25, -0.2) is 0 Å². The Hall–Kier alpha value is -0.630. The van der Waals surface area contributed by atoms with E-state index >= 15 is 0 Å². The minimum Gasteiger partial charge on any atom is -0.399 e. The Balaban J connectivity index is 2.28. The molecule has 0 unspecified atom stereocenters. The predicted octanol–water partition coefficient (Wildman–Crippen LogP) is 3.55. The molecule has 1 nitrogen and oxygen atoms in total. The van der Waals surface area contributed by atoms with Crippen LogP contribution in [0.2, 0.25) is 0 Å². The Morgan fingerprint density at radius 1 is 1.31 bits per heavy atom. The molecule has 0 heterocycles. The molecule has 1 aromatic rings. The van der Waals surface area contributed by atoms with E-state index in [0.717, 1.165) is 5.69 Å². The molecule has 0 aromatic heterocycles. The molecule has 72 valence electrons. The van der Waals surface area contributed by atoms with Gasteiger partial charge < -0.3 is 5.73 Å². The smallest absolute Gasteiger partial charge is 0.0325 e. The van der Waals surface area contributed by atoms with Gasteiger partial charge in [0, 0.05) is 10.6 Å². The fourth-order valence-electron chi connectivity index (χ4n) is 1.15. The van der Waals surface area contributed by atoms with Crippen molar-refractivity contribution in [2.75, 3.05) is 11.5 Å². The van der Waals surface area contributed by atoms with Crippen molar-refractivity contribution in [2.24, 2.45) is 0 Å². The highest BCUT2D eigenvalue weighted by molar-refractivity contribution is 7.99. The largest absolute Gasteiger partial charge is 0.399 e. The molecule has 0 radical (unpaired) electrons. The third-order valence-electron chi connectivity index (χ3n) is 1.87. The normalized spacial score (nSPS) is 10.2. The molecule has 0 atom stereocenters. The lowest BCUT2D eigenvalue weighted by atomic mass is 10.3. The van der Waals surface area contributed by atoms with Crippen LogP contribution in [0.1, 0.15) is 26.2 Å². The zero-order valence-corrected chi connectivity index (χ0v) is 8.94. The first-order valence-corrected chi connectivity index (χ1v) is 5.80. The second kappa shape index (κ2) is 5.92. The highest BCUT2D eigenvalue weighted by Crippen LogP contribution is 2.21. The highest BCUT2D eigenvalue weighted by atomic mass is 32.2. The van der Waals surface area contributed by atoms with Gasteiger partial charge in [-0.2, -0.15) is 0 Å². The molecular weight excluding hydrogens is 178 g/mol. The summed E-state index contributed by atoms with van der Waals surface area (Å²) < 4.78 is 0. The summed E-state index contributed by atoms with van der Waals surface area (Å²) in [5.41, 5.74) is 6.54. The lowest BCUT2D eigenvalue weighted by Gasteiger charge is -2.01. The maximum Gasteiger partial charge on any atom is 0.0325 e. The minimum atomic E-state index is 0.862. The fraction of sp³-hybridized carbons (Fsp3) is 0.455. The molecule has 0 aliphatic rings. The zero-order valence-electron chi connectivity index (χ0n) is 8.12. The molecule has 0 saturated heterocycles. The quantitative estimate of drug-likeness (QED) is 0.442. The van der Waals surface area contributed by atoms with Gasteiger partial charge in [-0.15, -0.1) is 11.8 Å². The van der Waals surface area contributed by atoms with E-state index in [1.165, 1.54) is 29.9 Å². The number of hydrogen-bond donors (Lipinski definition) is 1. The van der Waals surface area contributed by atoms with Gasteiger partial charge in [-0.3, -0.25) is 0 Å². The van der Waals surface area contributed by atoms with Crippen molar-refractivity contribution in [3.05, 3.63) is 24.3 Å². The Labute approximate surface area is 84.7 Å². The summed E-state index contributed by atoms with van der Waals surface area (Å²) >= 11 is 1.89. The number of benzene rings is 1. The van der Waals surface area contributed by atoms with Crippen LogP contribution in [-0.2, 0) is 0 Å². The van der Waals surface area contributed by atoms with Crippen molar-refractivity contribution in [1.29, 1.82) is 0 Å². The summed E-state index contributed by atoms with van der Waals surface area (Å²) in [4.78, 5) is 1.29. The van der Waals surface area contributed by atoms with E-state index in [1.54, 1.807) is 0 Å². The van der Waals surface area contributed by atoms with Gasteiger partial charge >= 0.3 is 0 Å². The van der Waals surface area contributed by atoms with E-state index in [9.17, 15) is 0 Å². The Morgan fingerprint density at radius 2 is 2.15 bits per heavy atom. The molecule has 0 spiro atoms. The maximum atomic E-state index is 5.68. The highest BCUT2D eigenvalue weighted by Gasteiger charge is 1.93. The zero-order chi connectivity index (χ0) is 9.52. The molecule has 1 rings (SSSR count). The topological polar surface area (TPSA) is 26.0 Å². The van der Waals surface area contributed by atoms with Gasteiger partial charge in [0.2, 0.25) is 0 Å². The van der Waals surface area contributed by atoms with E-state index in [-0.39, 0.29) is 0 Å². The molecule has 0 fully saturated rings. The van der Waals surface area contributed by atoms with Crippen LogP contribution in [0.3, 0.4) is 0 Å². The van der Waals surface area contributed by atoms with Crippen LogP contribution in [-0.4, -0.2) is 5.75 Å². The monoisotopic (exact) mass is 195 g/mol. The van der Waals surface area contributed by atoms with Crippen molar-refractivity contribution < 1.29 is 0 Å². The Bertz CT molecular complexity index is 248. The van der Waals surface area contributed by atoms with Crippen molar-refractivity contribution in [3.8, 4) is 0 Å². The number of hydrogen-bond acceptors (Lipinski definition) is 2. The van der Waals surface area contributed by atoms with E-state index in [4.69, 9.17) is 5.73 Å². The molecule has 0 aliphatic carbocycles. The fourth-order valence-corrected chi connectivity index (χ4v) is 2.12. The van der Waals surface area contributed by atoms with Gasteiger partial charge in [-0.1, -0.05) is 25.8 Å². The maximum absolute atomic E-state index is 5.68. The molecule has 2 N–H and O–H groups in total. The van der Waals surface area contributed by atoms with E-state index in [0.29, 0.717) is 0 Å². The van der Waals surface area contributed by atoms with Crippen LogP contribution in [0.15, 0.2) is 29.2 Å². The summed E-state index contributed by atoms with van der Waals surface area (Å²) in [6.07, 6.45) is 3.92. The summed E-state index contributed by atoms with van der Waals surface area (Å²) in [6, 6.07) is 8.09. The van der Waals surface area contributed by atoms with Gasteiger partial charge in [0.05, 0.1) is 0 Å². The van der Waals surface area contributed by atoms with Crippen LogP contribution in [0.5, 0.6) is 0 Å². The van der Waals surface area contributed by atoms with Crippen LogP contribution < -0.4 is 5.73 Å². The number of anilines is 1. The molecule has 13 heavy (non-hydrogen) atoms. The SMILES string of the molecule is CCCCCSc1cccc(N)c1. The third-order valence-corrected chi connectivity index (χ3v) is 2.95. The molecule has 0 saturated carbocycles. The second-order valence-corrected chi connectivity index (χ2v) is 4.30. The number of rotatable bonds is 5. The first-order chi connectivity index (χ1) is 6.33. The van der Waals surface area contributed by atoms with E-state index < -0.39 is 0 Å². The van der Waals surface area contributed by atoms with Crippen molar-refractivity contribution in [2.45, 2.75) is 31.1 Å². The summed E-state index contributed by atoms with van der Waals surface area (Å²) in [6.45, 7) is 2.23. The average molecular weight is 195 g/mol. The van der Waals surface area contributed by atoms with Crippen molar-refractivity contribution in [3.63, 3.8) is 0 Å².